The fourth-order valence-electron chi connectivity index (χ4n) is 1.16. The van der Waals surface area contributed by atoms with Gasteiger partial charge in [0.25, 0.3) is 10.2 Å². The van der Waals surface area contributed by atoms with Crippen LogP contribution < -0.4 is 19.9 Å². The summed E-state index contributed by atoms with van der Waals surface area (Å²) in [6.07, 6.45) is 0. The molecule has 0 fully saturated rings. The summed E-state index contributed by atoms with van der Waals surface area (Å²) in [5, 5.41) is 0. The van der Waals surface area contributed by atoms with Crippen LogP contribution in [0.1, 0.15) is 6.92 Å². The summed E-state index contributed by atoms with van der Waals surface area (Å²) in [6.45, 7) is 2.01. The number of rotatable bonds is 5. The van der Waals surface area contributed by atoms with E-state index >= 15 is 0 Å². The van der Waals surface area contributed by atoms with E-state index in [9.17, 15) is 8.42 Å². The number of hydrogen-bond acceptors (Lipinski definition) is 4. The van der Waals surface area contributed by atoms with Crippen LogP contribution in [0.2, 0.25) is 0 Å². The van der Waals surface area contributed by atoms with E-state index in [0.717, 1.165) is 0 Å². The minimum Gasteiger partial charge on any atom is -0.494 e. The number of anilines is 2. The predicted molar refractivity (Wildman–Crippen MR) is 63.6 cm³/mol. The third-order valence-corrected chi connectivity index (χ3v) is 2.96. The van der Waals surface area contributed by atoms with Gasteiger partial charge in [0.1, 0.15) is 5.75 Å². The Balaban J connectivity index is 2.97. The SMILES string of the molecule is CCNS(=O)(=O)Nc1ccc(N)cc1OC. The maximum Gasteiger partial charge on any atom is 0.299 e. The van der Waals surface area contributed by atoms with Gasteiger partial charge in [0.05, 0.1) is 12.8 Å². The molecule has 0 aliphatic carbocycles. The fraction of sp³-hybridized carbons (Fsp3) is 0.333. The topological polar surface area (TPSA) is 93.5 Å². The van der Waals surface area contributed by atoms with Gasteiger partial charge in [-0.25, -0.2) is 0 Å². The van der Waals surface area contributed by atoms with Crippen molar-refractivity contribution in [2.24, 2.45) is 0 Å². The van der Waals surface area contributed by atoms with Gasteiger partial charge in [-0.3, -0.25) is 4.72 Å². The highest BCUT2D eigenvalue weighted by atomic mass is 32.2. The molecule has 0 saturated carbocycles. The van der Waals surface area contributed by atoms with Crippen LogP contribution in [0.3, 0.4) is 0 Å². The number of nitrogens with one attached hydrogen (secondary N) is 2. The molecule has 0 bridgehead atoms. The van der Waals surface area contributed by atoms with Gasteiger partial charge < -0.3 is 10.5 Å². The van der Waals surface area contributed by atoms with Crippen molar-refractivity contribution >= 4 is 21.6 Å². The Morgan fingerprint density at radius 2 is 2.12 bits per heavy atom. The van der Waals surface area contributed by atoms with Crippen molar-refractivity contribution in [2.45, 2.75) is 6.92 Å². The van der Waals surface area contributed by atoms with Crippen molar-refractivity contribution in [3.8, 4) is 5.75 Å². The van der Waals surface area contributed by atoms with Crippen LogP contribution in [0.15, 0.2) is 18.2 Å². The van der Waals surface area contributed by atoms with E-state index in [-0.39, 0.29) is 0 Å². The summed E-state index contributed by atoms with van der Waals surface area (Å²) in [5.41, 5.74) is 6.40. The molecule has 4 N–H and O–H groups in total. The Kier molecular flexibility index (Phi) is 3.97. The van der Waals surface area contributed by atoms with Gasteiger partial charge in [-0.15, -0.1) is 0 Å². The van der Waals surface area contributed by atoms with Crippen LogP contribution in [-0.2, 0) is 10.2 Å². The minimum atomic E-state index is -3.55. The first-order chi connectivity index (χ1) is 7.48. The van der Waals surface area contributed by atoms with E-state index in [2.05, 4.69) is 9.44 Å². The Hall–Kier alpha value is -1.47. The van der Waals surface area contributed by atoms with E-state index in [1.54, 1.807) is 25.1 Å². The van der Waals surface area contributed by atoms with Gasteiger partial charge in [0.2, 0.25) is 0 Å². The maximum atomic E-state index is 11.4. The fourth-order valence-corrected chi connectivity index (χ4v) is 2.07. The highest BCUT2D eigenvalue weighted by molar-refractivity contribution is 7.90. The molecule has 1 aromatic rings. The largest absolute Gasteiger partial charge is 0.494 e. The Morgan fingerprint density at radius 3 is 2.69 bits per heavy atom. The molecule has 1 aromatic carbocycles. The number of methoxy groups -OCH3 is 1. The van der Waals surface area contributed by atoms with E-state index in [1.807, 2.05) is 0 Å². The average Bonchev–Trinajstić information content (AvgIpc) is 2.20. The zero-order valence-corrected chi connectivity index (χ0v) is 9.97. The summed E-state index contributed by atoms with van der Waals surface area (Å²) >= 11 is 0. The summed E-state index contributed by atoms with van der Waals surface area (Å²) < 4.78 is 32.6. The quantitative estimate of drug-likeness (QED) is 0.660. The Morgan fingerprint density at radius 1 is 1.44 bits per heavy atom. The lowest BCUT2D eigenvalue weighted by atomic mass is 10.2. The van der Waals surface area contributed by atoms with Crippen LogP contribution in [-0.4, -0.2) is 22.1 Å². The van der Waals surface area contributed by atoms with E-state index < -0.39 is 10.2 Å². The standard InChI is InChI=1S/C9H15N3O3S/c1-3-11-16(13,14)12-8-5-4-7(10)6-9(8)15-2/h4-6,11-12H,3,10H2,1-2H3. The van der Waals surface area contributed by atoms with Crippen molar-refractivity contribution in [3.05, 3.63) is 18.2 Å². The summed E-state index contributed by atoms with van der Waals surface area (Å²) in [6, 6.07) is 4.68. The molecule has 0 aliphatic rings. The first-order valence-electron chi connectivity index (χ1n) is 4.69. The second-order valence-corrected chi connectivity index (χ2v) is 4.56. The van der Waals surface area contributed by atoms with E-state index in [4.69, 9.17) is 10.5 Å². The lowest BCUT2D eigenvalue weighted by Gasteiger charge is -2.12. The second-order valence-electron chi connectivity index (χ2n) is 3.06. The van der Waals surface area contributed by atoms with Crippen LogP contribution in [0.5, 0.6) is 5.75 Å². The maximum absolute atomic E-state index is 11.4. The number of benzene rings is 1. The highest BCUT2D eigenvalue weighted by Gasteiger charge is 2.11. The third kappa shape index (κ3) is 3.28. The normalized spacial score (nSPS) is 11.1. The van der Waals surface area contributed by atoms with E-state index in [0.29, 0.717) is 23.7 Å². The smallest absolute Gasteiger partial charge is 0.299 e. The molecule has 1 rings (SSSR count). The molecule has 6 nitrogen and oxygen atoms in total. The monoisotopic (exact) mass is 245 g/mol. The van der Waals surface area contributed by atoms with Gasteiger partial charge in [-0.1, -0.05) is 6.92 Å². The van der Waals surface area contributed by atoms with Gasteiger partial charge in [0.15, 0.2) is 0 Å². The molecule has 0 aromatic heterocycles. The number of hydrogen-bond donors (Lipinski definition) is 3. The van der Waals surface area contributed by atoms with Crippen molar-refractivity contribution in [2.75, 3.05) is 24.1 Å². The van der Waals surface area contributed by atoms with Crippen molar-refractivity contribution < 1.29 is 13.2 Å². The number of nitrogen functional groups attached to an aromatic ring is 1. The summed E-state index contributed by atoms with van der Waals surface area (Å²) in [4.78, 5) is 0. The molecule has 0 heterocycles. The molecule has 0 spiro atoms. The average molecular weight is 245 g/mol. The Bertz CT molecular complexity index is 459. The van der Waals surface area contributed by atoms with Gasteiger partial charge in [-0.2, -0.15) is 13.1 Å². The molecule has 0 atom stereocenters. The molecular formula is C9H15N3O3S. The van der Waals surface area contributed by atoms with Crippen LogP contribution in [0, 0.1) is 0 Å². The summed E-state index contributed by atoms with van der Waals surface area (Å²) in [5.74, 6) is 0.376. The Labute approximate surface area is 95.0 Å². The predicted octanol–water partition coefficient (Wildman–Crippen LogP) is 0.544. The number of ether oxygens (including phenoxy) is 1. The molecule has 7 heteroatoms. The molecule has 0 radical (unpaired) electrons. The van der Waals surface area contributed by atoms with Crippen molar-refractivity contribution in [3.63, 3.8) is 0 Å². The molecule has 16 heavy (non-hydrogen) atoms. The van der Waals surface area contributed by atoms with Gasteiger partial charge in [0, 0.05) is 18.3 Å². The van der Waals surface area contributed by atoms with E-state index in [1.165, 1.54) is 7.11 Å². The molecule has 0 unspecified atom stereocenters. The van der Waals surface area contributed by atoms with Crippen molar-refractivity contribution in [1.29, 1.82) is 0 Å². The molecule has 0 saturated heterocycles. The zero-order valence-electron chi connectivity index (χ0n) is 9.15. The molecule has 0 aliphatic heterocycles. The van der Waals surface area contributed by atoms with Crippen LogP contribution in [0.25, 0.3) is 0 Å². The number of nitrogens with two attached hydrogens (primary N) is 1. The van der Waals surface area contributed by atoms with Gasteiger partial charge >= 0.3 is 0 Å². The second kappa shape index (κ2) is 5.04. The molecule has 90 valence electrons. The zero-order chi connectivity index (χ0) is 12.2. The van der Waals surface area contributed by atoms with Crippen molar-refractivity contribution in [1.82, 2.24) is 4.72 Å². The molecule has 0 amide bonds. The van der Waals surface area contributed by atoms with Crippen LogP contribution in [0.4, 0.5) is 11.4 Å². The lowest BCUT2D eigenvalue weighted by Crippen LogP contribution is -2.29. The first-order valence-corrected chi connectivity index (χ1v) is 6.17. The van der Waals surface area contributed by atoms with Crippen LogP contribution >= 0.6 is 0 Å². The summed E-state index contributed by atoms with van der Waals surface area (Å²) in [7, 11) is -2.11. The van der Waals surface area contributed by atoms with Gasteiger partial charge in [-0.05, 0) is 12.1 Å². The highest BCUT2D eigenvalue weighted by Crippen LogP contribution is 2.27. The lowest BCUT2D eigenvalue weighted by molar-refractivity contribution is 0.417. The first kappa shape index (κ1) is 12.6. The molecular weight excluding hydrogens is 230 g/mol. The minimum absolute atomic E-state index is 0.312. The third-order valence-electron chi connectivity index (χ3n) is 1.80.